The molecular formula is C17H18N2O5S. The van der Waals surface area contributed by atoms with Crippen molar-refractivity contribution < 1.29 is 22.7 Å². The Hall–Kier alpha value is -2.74. The lowest BCUT2D eigenvalue weighted by Crippen LogP contribution is -2.47. The molecule has 132 valence electrons. The average Bonchev–Trinajstić information content (AvgIpc) is 2.61. The molecule has 0 bridgehead atoms. The van der Waals surface area contributed by atoms with Gasteiger partial charge in [-0.2, -0.15) is 0 Å². The molecule has 7 nitrogen and oxygen atoms in total. The molecular weight excluding hydrogens is 344 g/mol. The Morgan fingerprint density at radius 1 is 1.28 bits per heavy atom. The normalized spacial score (nSPS) is 16.7. The van der Waals surface area contributed by atoms with Gasteiger partial charge in [-0.15, -0.1) is 0 Å². The van der Waals surface area contributed by atoms with E-state index < -0.39 is 22.1 Å². The number of carbonyl (C=O) groups is 1. The number of ether oxygens (including phenoxy) is 2. The molecule has 25 heavy (non-hydrogen) atoms. The highest BCUT2D eigenvalue weighted by Gasteiger charge is 2.38. The summed E-state index contributed by atoms with van der Waals surface area (Å²) < 4.78 is 37.9. The summed E-state index contributed by atoms with van der Waals surface area (Å²) in [4.78, 5) is 12.1. The first-order valence-corrected chi connectivity index (χ1v) is 9.18. The van der Waals surface area contributed by atoms with E-state index >= 15 is 0 Å². The van der Waals surface area contributed by atoms with Gasteiger partial charge in [0.2, 0.25) is 6.10 Å². The maximum Gasteiger partial charge on any atom is 0.349 e. The standard InChI is InChI=1S/C17H18N2O5S/c1-2-23-17(20)16-11-19(14-8-3-4-9-15(14)24-16)25(21,22)13-7-5-6-12(18)10-13/h3-10,16H,2,11,18H2,1H3. The van der Waals surface area contributed by atoms with E-state index in [0.29, 0.717) is 17.1 Å². The number of para-hydroxylation sites is 2. The highest BCUT2D eigenvalue weighted by molar-refractivity contribution is 7.92. The third kappa shape index (κ3) is 3.25. The number of carbonyl (C=O) groups excluding carboxylic acids is 1. The van der Waals surface area contributed by atoms with Crippen LogP contribution in [0.4, 0.5) is 11.4 Å². The van der Waals surface area contributed by atoms with E-state index in [1.807, 2.05) is 0 Å². The second-order valence-electron chi connectivity index (χ2n) is 5.43. The lowest BCUT2D eigenvalue weighted by atomic mass is 10.2. The quantitative estimate of drug-likeness (QED) is 0.658. The molecule has 0 saturated heterocycles. The van der Waals surface area contributed by atoms with Gasteiger partial charge in [0.25, 0.3) is 10.0 Å². The first kappa shape index (κ1) is 17.1. The second kappa shape index (κ2) is 6.64. The molecule has 1 unspecified atom stereocenters. The molecule has 1 aliphatic rings. The van der Waals surface area contributed by atoms with E-state index in [4.69, 9.17) is 15.2 Å². The Bertz CT molecular complexity index is 897. The zero-order valence-corrected chi connectivity index (χ0v) is 14.4. The number of nitrogens with two attached hydrogens (primary N) is 1. The van der Waals surface area contributed by atoms with Crippen molar-refractivity contribution in [3.05, 3.63) is 48.5 Å². The number of benzene rings is 2. The van der Waals surface area contributed by atoms with Gasteiger partial charge in [0.15, 0.2) is 0 Å². The lowest BCUT2D eigenvalue weighted by Gasteiger charge is -2.34. The third-order valence-electron chi connectivity index (χ3n) is 3.73. The number of rotatable bonds is 4. The summed E-state index contributed by atoms with van der Waals surface area (Å²) in [6.45, 7) is 1.69. The SMILES string of the molecule is CCOC(=O)C1CN(S(=O)(=O)c2cccc(N)c2)c2ccccc2O1. The predicted molar refractivity (Wildman–Crippen MR) is 92.9 cm³/mol. The van der Waals surface area contributed by atoms with Crippen molar-refractivity contribution >= 4 is 27.4 Å². The van der Waals surface area contributed by atoms with E-state index in [2.05, 4.69) is 0 Å². The van der Waals surface area contributed by atoms with Crippen LogP contribution in [0.3, 0.4) is 0 Å². The van der Waals surface area contributed by atoms with Gasteiger partial charge in [0, 0.05) is 5.69 Å². The Labute approximate surface area is 146 Å². The van der Waals surface area contributed by atoms with E-state index in [9.17, 15) is 13.2 Å². The number of sulfonamides is 1. The highest BCUT2D eigenvalue weighted by Crippen LogP contribution is 2.37. The number of hydrogen-bond acceptors (Lipinski definition) is 6. The topological polar surface area (TPSA) is 98.9 Å². The van der Waals surface area contributed by atoms with Crippen LogP contribution in [0.25, 0.3) is 0 Å². The monoisotopic (exact) mass is 362 g/mol. The minimum Gasteiger partial charge on any atom is -0.475 e. The molecule has 3 rings (SSSR count). The van der Waals surface area contributed by atoms with Gasteiger partial charge < -0.3 is 15.2 Å². The maximum atomic E-state index is 13.1. The van der Waals surface area contributed by atoms with E-state index in [0.717, 1.165) is 4.31 Å². The summed E-state index contributed by atoms with van der Waals surface area (Å²) in [5.74, 6) is -0.302. The van der Waals surface area contributed by atoms with Crippen molar-refractivity contribution in [2.24, 2.45) is 0 Å². The predicted octanol–water partition coefficient (Wildman–Crippen LogP) is 1.79. The lowest BCUT2D eigenvalue weighted by molar-refractivity contribution is -0.151. The van der Waals surface area contributed by atoms with Crippen molar-refractivity contribution in [3.63, 3.8) is 0 Å². The number of nitrogen functional groups attached to an aromatic ring is 1. The van der Waals surface area contributed by atoms with Crippen LogP contribution in [0.15, 0.2) is 53.4 Å². The van der Waals surface area contributed by atoms with Crippen LogP contribution in [-0.4, -0.2) is 33.6 Å². The van der Waals surface area contributed by atoms with Crippen molar-refractivity contribution in [1.82, 2.24) is 0 Å². The van der Waals surface area contributed by atoms with Crippen molar-refractivity contribution in [3.8, 4) is 5.75 Å². The van der Waals surface area contributed by atoms with Gasteiger partial charge in [-0.05, 0) is 37.3 Å². The molecule has 0 radical (unpaired) electrons. The average molecular weight is 362 g/mol. The number of esters is 1. The van der Waals surface area contributed by atoms with E-state index in [1.165, 1.54) is 12.1 Å². The first-order valence-electron chi connectivity index (χ1n) is 7.74. The van der Waals surface area contributed by atoms with Gasteiger partial charge in [0.1, 0.15) is 5.75 Å². The molecule has 0 amide bonds. The Morgan fingerprint density at radius 2 is 2.04 bits per heavy atom. The molecule has 1 aliphatic heterocycles. The number of hydrogen-bond donors (Lipinski definition) is 1. The first-order chi connectivity index (χ1) is 11.9. The van der Waals surface area contributed by atoms with Gasteiger partial charge in [0.05, 0.1) is 23.7 Å². The van der Waals surface area contributed by atoms with E-state index in [1.54, 1.807) is 43.3 Å². The van der Waals surface area contributed by atoms with Crippen LogP contribution in [0.2, 0.25) is 0 Å². The van der Waals surface area contributed by atoms with Crippen LogP contribution < -0.4 is 14.8 Å². The molecule has 2 aromatic rings. The fraction of sp³-hybridized carbons (Fsp3) is 0.235. The smallest absolute Gasteiger partial charge is 0.349 e. The summed E-state index contributed by atoms with van der Waals surface area (Å²) >= 11 is 0. The van der Waals surface area contributed by atoms with Gasteiger partial charge in [-0.25, -0.2) is 13.2 Å². The largest absolute Gasteiger partial charge is 0.475 e. The summed E-state index contributed by atoms with van der Waals surface area (Å²) in [6.07, 6.45) is -1.04. The zero-order chi connectivity index (χ0) is 18.0. The van der Waals surface area contributed by atoms with Crippen LogP contribution >= 0.6 is 0 Å². The highest BCUT2D eigenvalue weighted by atomic mass is 32.2. The van der Waals surface area contributed by atoms with E-state index in [-0.39, 0.29) is 18.0 Å². The summed E-state index contributed by atoms with van der Waals surface area (Å²) in [5.41, 5.74) is 6.42. The Morgan fingerprint density at radius 3 is 2.76 bits per heavy atom. The molecule has 2 N–H and O–H groups in total. The third-order valence-corrected chi connectivity index (χ3v) is 5.51. The molecule has 0 aromatic heterocycles. The number of anilines is 2. The molecule has 0 fully saturated rings. The summed E-state index contributed by atoms with van der Waals surface area (Å²) in [6, 6.07) is 12.7. The molecule has 0 aliphatic carbocycles. The summed E-state index contributed by atoms with van der Waals surface area (Å²) in [7, 11) is -3.91. The van der Waals surface area contributed by atoms with Crippen molar-refractivity contribution in [2.45, 2.75) is 17.9 Å². The second-order valence-corrected chi connectivity index (χ2v) is 7.30. The van der Waals surface area contributed by atoms with Crippen LogP contribution in [0, 0.1) is 0 Å². The van der Waals surface area contributed by atoms with Crippen LogP contribution in [-0.2, 0) is 19.6 Å². The number of fused-ring (bicyclic) bond motifs is 1. The number of nitrogens with zero attached hydrogens (tertiary/aromatic N) is 1. The van der Waals surface area contributed by atoms with Crippen LogP contribution in [0.1, 0.15) is 6.92 Å². The van der Waals surface area contributed by atoms with Crippen molar-refractivity contribution in [2.75, 3.05) is 23.2 Å². The zero-order valence-electron chi connectivity index (χ0n) is 13.6. The van der Waals surface area contributed by atoms with Gasteiger partial charge in [-0.3, -0.25) is 4.31 Å². The Kier molecular flexibility index (Phi) is 4.54. The molecule has 0 saturated carbocycles. The minimum atomic E-state index is -3.91. The fourth-order valence-corrected chi connectivity index (χ4v) is 4.12. The molecule has 0 spiro atoms. The van der Waals surface area contributed by atoms with Crippen LogP contribution in [0.5, 0.6) is 5.75 Å². The fourth-order valence-electron chi connectivity index (χ4n) is 2.59. The van der Waals surface area contributed by atoms with Gasteiger partial charge >= 0.3 is 5.97 Å². The molecule has 1 heterocycles. The molecule has 2 aromatic carbocycles. The van der Waals surface area contributed by atoms with Gasteiger partial charge in [-0.1, -0.05) is 18.2 Å². The Balaban J connectivity index is 2.05. The molecule has 1 atom stereocenters. The molecule has 8 heteroatoms. The minimum absolute atomic E-state index is 0.0480. The maximum absolute atomic E-state index is 13.1. The summed E-state index contributed by atoms with van der Waals surface area (Å²) in [5, 5.41) is 0. The van der Waals surface area contributed by atoms with Crippen molar-refractivity contribution in [1.29, 1.82) is 0 Å².